The first-order valence-corrected chi connectivity index (χ1v) is 9.52. The van der Waals surface area contributed by atoms with E-state index in [1.165, 1.54) is 12.1 Å². The van der Waals surface area contributed by atoms with Crippen molar-refractivity contribution in [1.82, 2.24) is 10.2 Å². The molecule has 148 valence electrons. The smallest absolute Gasteiger partial charge is 0.253 e. The van der Waals surface area contributed by atoms with Crippen LogP contribution in [-0.4, -0.2) is 28.8 Å². The molecule has 2 heterocycles. The quantitative estimate of drug-likeness (QED) is 0.663. The summed E-state index contributed by atoms with van der Waals surface area (Å²) in [5.74, 6) is 0.244. The summed E-state index contributed by atoms with van der Waals surface area (Å²) in [6.45, 7) is 1.18. The van der Waals surface area contributed by atoms with Crippen molar-refractivity contribution in [2.75, 3.05) is 17.2 Å². The normalized spacial score (nSPS) is 15.8. The first-order valence-electron chi connectivity index (χ1n) is 9.52. The van der Waals surface area contributed by atoms with Crippen LogP contribution in [-0.2, 0) is 16.1 Å². The highest BCUT2D eigenvalue weighted by atomic mass is 19.1. The van der Waals surface area contributed by atoms with Crippen LogP contribution in [0.15, 0.2) is 60.7 Å². The number of aromatic nitrogens is 2. The summed E-state index contributed by atoms with van der Waals surface area (Å²) in [6, 6.07) is 17.4. The van der Waals surface area contributed by atoms with E-state index in [1.807, 2.05) is 36.4 Å². The standard InChI is InChI=1S/C22H21FN4O2/c23-17-8-6-16(7-9-17)19-10-11-21(27-26-19)24-14-15-3-1-4-18(13-15)25-22(28)20-5-2-12-29-20/h1,3-4,6-11,13,20H,2,5,12,14H2,(H,24,27)(H,25,28). The van der Waals surface area contributed by atoms with Gasteiger partial charge in [0.25, 0.3) is 5.91 Å². The Balaban J connectivity index is 1.35. The van der Waals surface area contributed by atoms with E-state index in [0.717, 1.165) is 29.7 Å². The van der Waals surface area contributed by atoms with Crippen molar-refractivity contribution < 1.29 is 13.9 Å². The Kier molecular flexibility index (Phi) is 5.76. The molecule has 1 atom stereocenters. The Morgan fingerprint density at radius 3 is 2.69 bits per heavy atom. The second-order valence-corrected chi connectivity index (χ2v) is 6.86. The van der Waals surface area contributed by atoms with Gasteiger partial charge in [-0.2, -0.15) is 0 Å². The molecule has 1 aliphatic heterocycles. The Labute approximate surface area is 168 Å². The van der Waals surface area contributed by atoms with Crippen molar-refractivity contribution in [2.45, 2.75) is 25.5 Å². The van der Waals surface area contributed by atoms with Gasteiger partial charge in [-0.3, -0.25) is 4.79 Å². The second-order valence-electron chi connectivity index (χ2n) is 6.86. The zero-order valence-corrected chi connectivity index (χ0v) is 15.8. The van der Waals surface area contributed by atoms with Gasteiger partial charge < -0.3 is 15.4 Å². The van der Waals surface area contributed by atoms with Crippen molar-refractivity contribution in [3.05, 3.63) is 72.0 Å². The fraction of sp³-hybridized carbons (Fsp3) is 0.227. The van der Waals surface area contributed by atoms with Gasteiger partial charge >= 0.3 is 0 Å². The van der Waals surface area contributed by atoms with Crippen LogP contribution < -0.4 is 10.6 Å². The molecule has 0 bridgehead atoms. The third kappa shape index (κ3) is 4.94. The molecular formula is C22H21FN4O2. The van der Waals surface area contributed by atoms with Crippen LogP contribution in [0.25, 0.3) is 11.3 Å². The lowest BCUT2D eigenvalue weighted by Crippen LogP contribution is -2.26. The van der Waals surface area contributed by atoms with Crippen molar-refractivity contribution in [2.24, 2.45) is 0 Å². The average Bonchev–Trinajstić information content (AvgIpc) is 3.29. The number of rotatable bonds is 6. The number of carbonyl (C=O) groups is 1. The summed E-state index contributed by atoms with van der Waals surface area (Å²) in [7, 11) is 0. The highest BCUT2D eigenvalue weighted by Gasteiger charge is 2.23. The summed E-state index contributed by atoms with van der Waals surface area (Å²) in [5, 5.41) is 14.5. The van der Waals surface area contributed by atoms with E-state index in [9.17, 15) is 9.18 Å². The van der Waals surface area contributed by atoms with Crippen molar-refractivity contribution in [3.63, 3.8) is 0 Å². The Bertz CT molecular complexity index is 971. The van der Waals surface area contributed by atoms with E-state index in [0.29, 0.717) is 24.7 Å². The number of hydrogen-bond acceptors (Lipinski definition) is 5. The van der Waals surface area contributed by atoms with Gasteiger partial charge in [0, 0.05) is 24.4 Å². The molecule has 1 unspecified atom stereocenters. The number of halogens is 1. The van der Waals surface area contributed by atoms with Gasteiger partial charge in [-0.1, -0.05) is 12.1 Å². The molecule has 0 spiro atoms. The number of nitrogens with one attached hydrogen (secondary N) is 2. The molecule has 3 aromatic rings. The van der Waals surface area contributed by atoms with E-state index < -0.39 is 0 Å². The van der Waals surface area contributed by atoms with Gasteiger partial charge in [0.05, 0.1) is 5.69 Å². The van der Waals surface area contributed by atoms with Crippen LogP contribution in [0.3, 0.4) is 0 Å². The fourth-order valence-corrected chi connectivity index (χ4v) is 3.16. The van der Waals surface area contributed by atoms with E-state index in [1.54, 1.807) is 12.1 Å². The lowest BCUT2D eigenvalue weighted by atomic mass is 10.1. The Morgan fingerprint density at radius 2 is 1.97 bits per heavy atom. The van der Waals surface area contributed by atoms with Gasteiger partial charge in [0.2, 0.25) is 0 Å². The molecule has 6 nitrogen and oxygen atoms in total. The van der Waals surface area contributed by atoms with Crippen LogP contribution >= 0.6 is 0 Å². The highest BCUT2D eigenvalue weighted by Crippen LogP contribution is 2.19. The first-order chi connectivity index (χ1) is 14.2. The van der Waals surface area contributed by atoms with Crippen LogP contribution in [0.5, 0.6) is 0 Å². The first kappa shape index (κ1) is 19.0. The second kappa shape index (κ2) is 8.79. The molecular weight excluding hydrogens is 371 g/mol. The van der Waals surface area contributed by atoms with Gasteiger partial charge in [-0.15, -0.1) is 10.2 Å². The number of anilines is 2. The Morgan fingerprint density at radius 1 is 1.10 bits per heavy atom. The molecule has 2 N–H and O–H groups in total. The van der Waals surface area contributed by atoms with Crippen LogP contribution in [0.1, 0.15) is 18.4 Å². The molecule has 2 aromatic carbocycles. The van der Waals surface area contributed by atoms with E-state index >= 15 is 0 Å². The summed E-state index contributed by atoms with van der Waals surface area (Å²) in [6.07, 6.45) is 1.33. The SMILES string of the molecule is O=C(Nc1cccc(CNc2ccc(-c3ccc(F)cc3)nn2)c1)C1CCCO1. The topological polar surface area (TPSA) is 76.1 Å². The molecule has 1 aliphatic rings. The monoisotopic (exact) mass is 392 g/mol. The third-order valence-electron chi connectivity index (χ3n) is 4.69. The maximum absolute atomic E-state index is 13.0. The van der Waals surface area contributed by atoms with Gasteiger partial charge in [0.15, 0.2) is 0 Å². The highest BCUT2D eigenvalue weighted by molar-refractivity contribution is 5.94. The molecule has 1 saturated heterocycles. The number of amides is 1. The summed E-state index contributed by atoms with van der Waals surface area (Å²) in [4.78, 5) is 12.2. The van der Waals surface area contributed by atoms with Crippen molar-refractivity contribution in [1.29, 1.82) is 0 Å². The van der Waals surface area contributed by atoms with Gasteiger partial charge in [-0.25, -0.2) is 4.39 Å². The molecule has 29 heavy (non-hydrogen) atoms. The summed E-state index contributed by atoms with van der Waals surface area (Å²) >= 11 is 0. The number of nitrogens with zero attached hydrogens (tertiary/aromatic N) is 2. The molecule has 0 saturated carbocycles. The predicted molar refractivity (Wildman–Crippen MR) is 109 cm³/mol. The van der Waals surface area contributed by atoms with E-state index in [-0.39, 0.29) is 17.8 Å². The van der Waals surface area contributed by atoms with Gasteiger partial charge in [-0.05, 0) is 66.9 Å². The van der Waals surface area contributed by atoms with Crippen molar-refractivity contribution >= 4 is 17.4 Å². The Hall–Kier alpha value is -3.32. The van der Waals surface area contributed by atoms with Crippen LogP contribution in [0, 0.1) is 5.82 Å². The third-order valence-corrected chi connectivity index (χ3v) is 4.69. The average molecular weight is 392 g/mol. The number of hydrogen-bond donors (Lipinski definition) is 2. The molecule has 1 aromatic heterocycles. The number of carbonyl (C=O) groups excluding carboxylic acids is 1. The van der Waals surface area contributed by atoms with Crippen molar-refractivity contribution in [3.8, 4) is 11.3 Å². The minimum atomic E-state index is -0.355. The minimum Gasteiger partial charge on any atom is -0.368 e. The van der Waals surface area contributed by atoms with E-state index in [4.69, 9.17) is 4.74 Å². The lowest BCUT2D eigenvalue weighted by Gasteiger charge is -2.12. The molecule has 1 amide bonds. The zero-order chi connectivity index (χ0) is 20.1. The minimum absolute atomic E-state index is 0.102. The van der Waals surface area contributed by atoms with E-state index in [2.05, 4.69) is 20.8 Å². The fourth-order valence-electron chi connectivity index (χ4n) is 3.16. The zero-order valence-electron chi connectivity index (χ0n) is 15.8. The predicted octanol–water partition coefficient (Wildman–Crippen LogP) is 4.01. The maximum atomic E-state index is 13.0. The molecule has 1 fully saturated rings. The summed E-state index contributed by atoms with van der Waals surface area (Å²) in [5.41, 5.74) is 3.22. The molecule has 4 rings (SSSR count). The molecule has 0 radical (unpaired) electrons. The summed E-state index contributed by atoms with van der Waals surface area (Å²) < 4.78 is 18.4. The van der Waals surface area contributed by atoms with Gasteiger partial charge in [0.1, 0.15) is 17.7 Å². The van der Waals surface area contributed by atoms with Crippen LogP contribution in [0.4, 0.5) is 15.9 Å². The largest absolute Gasteiger partial charge is 0.368 e. The number of benzene rings is 2. The van der Waals surface area contributed by atoms with Crippen LogP contribution in [0.2, 0.25) is 0 Å². The lowest BCUT2D eigenvalue weighted by molar-refractivity contribution is -0.124. The maximum Gasteiger partial charge on any atom is 0.253 e. The molecule has 0 aliphatic carbocycles. The molecule has 7 heteroatoms. The number of ether oxygens (including phenoxy) is 1.